The number of benzene rings is 2. The largest absolute Gasteiger partial charge is 0.359 e. The number of anilines is 1. The summed E-state index contributed by atoms with van der Waals surface area (Å²) in [6.07, 6.45) is 4.42. The van der Waals surface area contributed by atoms with Gasteiger partial charge in [0.25, 0.3) is 5.56 Å². The molecule has 0 unspecified atom stereocenters. The maximum atomic E-state index is 14.4. The van der Waals surface area contributed by atoms with Crippen molar-refractivity contribution in [3.05, 3.63) is 81.7 Å². The Labute approximate surface area is 181 Å². The van der Waals surface area contributed by atoms with E-state index in [9.17, 15) is 9.18 Å². The van der Waals surface area contributed by atoms with Gasteiger partial charge in [-0.3, -0.25) is 9.36 Å². The van der Waals surface area contributed by atoms with Crippen LogP contribution in [-0.2, 0) is 0 Å². The fraction of sp³-hybridized carbons (Fsp3) is 0.320. The van der Waals surface area contributed by atoms with E-state index in [4.69, 9.17) is 11.6 Å². The molecule has 0 amide bonds. The minimum Gasteiger partial charge on any atom is -0.359 e. The predicted molar refractivity (Wildman–Crippen MR) is 122 cm³/mol. The van der Waals surface area contributed by atoms with Crippen LogP contribution in [0.1, 0.15) is 44.1 Å². The third-order valence-corrected chi connectivity index (χ3v) is 5.67. The van der Waals surface area contributed by atoms with E-state index in [2.05, 4.69) is 11.8 Å². The molecule has 0 bridgehead atoms. The lowest BCUT2D eigenvalue weighted by Crippen LogP contribution is -2.26. The Bertz CT molecular complexity index is 1190. The van der Waals surface area contributed by atoms with Gasteiger partial charge in [-0.2, -0.15) is 0 Å². The second-order valence-corrected chi connectivity index (χ2v) is 8.03. The van der Waals surface area contributed by atoms with Crippen molar-refractivity contribution in [2.75, 3.05) is 18.5 Å². The Morgan fingerprint density at radius 2 is 1.94 bits per heavy atom. The van der Waals surface area contributed by atoms with Crippen molar-refractivity contribution in [1.82, 2.24) is 9.55 Å². The van der Waals surface area contributed by atoms with Gasteiger partial charge in [0.1, 0.15) is 17.5 Å². The number of hydrogen-bond acceptors (Lipinski definition) is 3. The second-order valence-electron chi connectivity index (χ2n) is 8.03. The molecule has 1 aliphatic rings. The molecule has 0 saturated heterocycles. The molecule has 0 N–H and O–H groups in total. The van der Waals surface area contributed by atoms with Gasteiger partial charge in [-0.15, -0.1) is 0 Å². The van der Waals surface area contributed by atoms with Crippen LogP contribution < -0.4 is 10.5 Å². The number of nitrogens with zero attached hydrogens (tertiary/aromatic N) is 4. The fourth-order valence-electron chi connectivity index (χ4n) is 3.67. The van der Waals surface area contributed by atoms with Crippen molar-refractivity contribution in [3.63, 3.8) is 0 Å². The first-order chi connectivity index (χ1) is 15.0. The Balaban J connectivity index is 1.85. The Hall–Kier alpha value is -3.46. The molecular weight excluding hydrogens is 391 g/mol. The van der Waals surface area contributed by atoms with E-state index in [-0.39, 0.29) is 11.2 Å². The standard InChI is InChI=1S/C25H25FN4O/c1-4-5-14-29(3)23-16-24(31)30(20-11-8-18(9-12-20)17-6-7-17)25(28-23)19-10-13-22(27-2)21(26)15-19/h8-13,15-17H,4-7,14H2,1,3H3. The molecule has 31 heavy (non-hydrogen) atoms. The maximum Gasteiger partial charge on any atom is 0.260 e. The first kappa shape index (κ1) is 20.8. The van der Waals surface area contributed by atoms with Gasteiger partial charge in [-0.05, 0) is 48.9 Å². The summed E-state index contributed by atoms with van der Waals surface area (Å²) < 4.78 is 15.9. The van der Waals surface area contributed by atoms with Gasteiger partial charge in [0, 0.05) is 25.2 Å². The zero-order valence-corrected chi connectivity index (χ0v) is 17.8. The maximum absolute atomic E-state index is 14.4. The highest BCUT2D eigenvalue weighted by atomic mass is 19.1. The lowest BCUT2D eigenvalue weighted by Gasteiger charge is -2.21. The molecule has 1 heterocycles. The van der Waals surface area contributed by atoms with Crippen LogP contribution in [0.2, 0.25) is 0 Å². The number of rotatable bonds is 7. The molecular formula is C25H25FN4O. The molecule has 1 aromatic heterocycles. The summed E-state index contributed by atoms with van der Waals surface area (Å²) in [4.78, 5) is 23.1. The van der Waals surface area contributed by atoms with E-state index < -0.39 is 5.82 Å². The van der Waals surface area contributed by atoms with Crippen LogP contribution in [0.5, 0.6) is 0 Å². The molecule has 0 atom stereocenters. The van der Waals surface area contributed by atoms with Gasteiger partial charge >= 0.3 is 0 Å². The van der Waals surface area contributed by atoms with Gasteiger partial charge in [-0.25, -0.2) is 14.2 Å². The van der Waals surface area contributed by atoms with Crippen molar-refractivity contribution in [2.24, 2.45) is 0 Å². The highest BCUT2D eigenvalue weighted by Crippen LogP contribution is 2.40. The molecule has 3 aromatic rings. The molecule has 158 valence electrons. The van der Waals surface area contributed by atoms with Crippen LogP contribution in [0, 0.1) is 12.4 Å². The van der Waals surface area contributed by atoms with Crippen LogP contribution >= 0.6 is 0 Å². The molecule has 1 fully saturated rings. The zero-order valence-electron chi connectivity index (χ0n) is 17.8. The number of unbranched alkanes of at least 4 members (excludes halogenated alkanes) is 1. The van der Waals surface area contributed by atoms with E-state index in [1.807, 2.05) is 36.2 Å². The van der Waals surface area contributed by atoms with E-state index in [1.165, 1.54) is 41.2 Å². The van der Waals surface area contributed by atoms with E-state index in [1.54, 1.807) is 6.07 Å². The molecule has 0 aliphatic heterocycles. The Morgan fingerprint density at radius 3 is 2.55 bits per heavy atom. The summed E-state index contributed by atoms with van der Waals surface area (Å²) in [5.74, 6) is 0.907. The minimum absolute atomic E-state index is 0.0531. The summed E-state index contributed by atoms with van der Waals surface area (Å²) in [5, 5.41) is 0. The third-order valence-electron chi connectivity index (χ3n) is 5.67. The van der Waals surface area contributed by atoms with Crippen LogP contribution in [0.4, 0.5) is 15.9 Å². The quantitative estimate of drug-likeness (QED) is 0.464. The minimum atomic E-state index is -0.623. The predicted octanol–water partition coefficient (Wildman–Crippen LogP) is 5.70. The summed E-state index contributed by atoms with van der Waals surface area (Å²) >= 11 is 0. The number of hydrogen-bond donors (Lipinski definition) is 0. The molecule has 1 saturated carbocycles. The molecule has 0 radical (unpaired) electrons. The summed E-state index contributed by atoms with van der Waals surface area (Å²) in [6.45, 7) is 9.97. The Morgan fingerprint density at radius 1 is 1.19 bits per heavy atom. The smallest absolute Gasteiger partial charge is 0.260 e. The molecule has 5 nitrogen and oxygen atoms in total. The number of halogens is 1. The van der Waals surface area contributed by atoms with E-state index >= 15 is 0 Å². The summed E-state index contributed by atoms with van der Waals surface area (Å²) in [7, 11) is 1.90. The van der Waals surface area contributed by atoms with Gasteiger partial charge < -0.3 is 4.90 Å². The molecule has 0 spiro atoms. The highest BCUT2D eigenvalue weighted by molar-refractivity contribution is 5.64. The van der Waals surface area contributed by atoms with Crippen molar-refractivity contribution >= 4 is 11.5 Å². The van der Waals surface area contributed by atoms with Gasteiger partial charge in [0.15, 0.2) is 0 Å². The van der Waals surface area contributed by atoms with E-state index in [0.29, 0.717) is 28.8 Å². The zero-order chi connectivity index (χ0) is 22.0. The first-order valence-corrected chi connectivity index (χ1v) is 10.6. The normalized spacial score (nSPS) is 13.1. The van der Waals surface area contributed by atoms with Crippen molar-refractivity contribution < 1.29 is 4.39 Å². The monoisotopic (exact) mass is 416 g/mol. The molecule has 6 heteroatoms. The first-order valence-electron chi connectivity index (χ1n) is 10.6. The summed E-state index contributed by atoms with van der Waals surface area (Å²) in [5.41, 5.74) is 2.14. The van der Waals surface area contributed by atoms with Crippen LogP contribution in [0.3, 0.4) is 0 Å². The molecule has 2 aromatic carbocycles. The van der Waals surface area contributed by atoms with Crippen molar-refractivity contribution in [3.8, 4) is 17.1 Å². The van der Waals surface area contributed by atoms with Crippen molar-refractivity contribution in [1.29, 1.82) is 0 Å². The van der Waals surface area contributed by atoms with Crippen LogP contribution in [-0.4, -0.2) is 23.1 Å². The van der Waals surface area contributed by atoms with Gasteiger partial charge in [-0.1, -0.05) is 37.6 Å². The fourth-order valence-corrected chi connectivity index (χ4v) is 3.67. The lowest BCUT2D eigenvalue weighted by atomic mass is 10.1. The average molecular weight is 417 g/mol. The van der Waals surface area contributed by atoms with Crippen LogP contribution in [0.25, 0.3) is 21.9 Å². The molecule has 1 aliphatic carbocycles. The summed E-state index contributed by atoms with van der Waals surface area (Å²) in [6, 6.07) is 13.8. The Kier molecular flexibility index (Phi) is 5.85. The SMILES string of the molecule is [C-]#[N+]c1ccc(-c2nc(N(C)CCCC)cc(=O)n2-c2ccc(C3CC3)cc2)cc1F. The van der Waals surface area contributed by atoms with Gasteiger partial charge in [0.2, 0.25) is 5.69 Å². The lowest BCUT2D eigenvalue weighted by molar-refractivity contribution is 0.634. The number of aromatic nitrogens is 2. The topological polar surface area (TPSA) is 42.5 Å². The second kappa shape index (κ2) is 8.73. The van der Waals surface area contributed by atoms with Crippen molar-refractivity contribution in [2.45, 2.75) is 38.5 Å². The van der Waals surface area contributed by atoms with Crippen LogP contribution in [0.15, 0.2) is 53.3 Å². The third kappa shape index (κ3) is 4.36. The van der Waals surface area contributed by atoms with E-state index in [0.717, 1.165) is 19.4 Å². The molecule has 4 rings (SSSR count). The highest BCUT2D eigenvalue weighted by Gasteiger charge is 2.23. The van der Waals surface area contributed by atoms with Gasteiger partial charge in [0.05, 0.1) is 12.3 Å². The average Bonchev–Trinajstić information content (AvgIpc) is 3.62.